The summed E-state index contributed by atoms with van der Waals surface area (Å²) in [6, 6.07) is 18.1. The van der Waals surface area contributed by atoms with Crippen molar-refractivity contribution in [3.8, 4) is 0 Å². The van der Waals surface area contributed by atoms with Gasteiger partial charge in [0.15, 0.2) is 5.78 Å². The second-order valence-electron chi connectivity index (χ2n) is 7.44. The van der Waals surface area contributed by atoms with Crippen LogP contribution in [0.5, 0.6) is 0 Å². The number of amides is 1. The van der Waals surface area contributed by atoms with Gasteiger partial charge in [0, 0.05) is 6.04 Å². The molecule has 0 radical (unpaired) electrons. The number of Topliss-reactive ketones (excluding diaryl/α,β-unsaturated/α-hetero) is 1. The molecule has 1 aliphatic carbocycles. The van der Waals surface area contributed by atoms with Crippen molar-refractivity contribution in [2.75, 3.05) is 13.6 Å². The Morgan fingerprint density at radius 1 is 1.11 bits per heavy atom. The summed E-state index contributed by atoms with van der Waals surface area (Å²) >= 11 is 0. The van der Waals surface area contributed by atoms with Gasteiger partial charge in [-0.15, -0.1) is 0 Å². The Morgan fingerprint density at radius 2 is 1.81 bits per heavy atom. The Balaban J connectivity index is 1.61. The van der Waals surface area contributed by atoms with Gasteiger partial charge in [-0.2, -0.15) is 0 Å². The molecular weight excluding hydrogens is 336 g/mol. The highest BCUT2D eigenvalue weighted by Crippen LogP contribution is 2.33. The molecule has 142 valence electrons. The second kappa shape index (κ2) is 8.96. The quantitative estimate of drug-likeness (QED) is 0.820. The van der Waals surface area contributed by atoms with Crippen LogP contribution in [-0.4, -0.2) is 36.2 Å². The van der Waals surface area contributed by atoms with Crippen LogP contribution in [0.2, 0.25) is 0 Å². The maximum absolute atomic E-state index is 12.6. The molecule has 4 heteroatoms. The lowest BCUT2D eigenvalue weighted by atomic mass is 9.87. The minimum Gasteiger partial charge on any atom is -0.345 e. The number of ketones is 1. The molecule has 2 aromatic rings. The van der Waals surface area contributed by atoms with Crippen LogP contribution in [0.4, 0.5) is 0 Å². The van der Waals surface area contributed by atoms with Crippen LogP contribution in [0, 0.1) is 0 Å². The molecule has 27 heavy (non-hydrogen) atoms. The zero-order chi connectivity index (χ0) is 19.2. The number of fused-ring (bicyclic) bond motifs is 1. The maximum atomic E-state index is 12.6. The maximum Gasteiger partial charge on any atom is 0.234 e. The number of hydrogen-bond donors (Lipinski definition) is 1. The predicted molar refractivity (Wildman–Crippen MR) is 108 cm³/mol. The van der Waals surface area contributed by atoms with Gasteiger partial charge in [-0.3, -0.25) is 14.5 Å². The first-order chi connectivity index (χ1) is 13.0. The van der Waals surface area contributed by atoms with Gasteiger partial charge >= 0.3 is 0 Å². The standard InChI is InChI=1S/C23H28N2O2/c1-17(26)21(15-18-9-4-3-5-10-18)24-23(27)16-25(2)22-14-8-12-19-11-6-7-13-20(19)22/h3-7,9-11,13,21-22H,8,12,14-16H2,1-2H3,(H,24,27)/t21-,22-/m1/s1. The van der Waals surface area contributed by atoms with E-state index in [9.17, 15) is 9.59 Å². The molecule has 2 atom stereocenters. The topological polar surface area (TPSA) is 49.4 Å². The molecule has 1 aliphatic rings. The lowest BCUT2D eigenvalue weighted by Gasteiger charge is -2.33. The molecular formula is C23H28N2O2. The van der Waals surface area contributed by atoms with Crippen molar-refractivity contribution in [2.24, 2.45) is 0 Å². The van der Waals surface area contributed by atoms with Crippen LogP contribution in [0.25, 0.3) is 0 Å². The molecule has 0 saturated carbocycles. The van der Waals surface area contributed by atoms with Crippen LogP contribution in [0.1, 0.15) is 42.5 Å². The van der Waals surface area contributed by atoms with Crippen molar-refractivity contribution in [3.63, 3.8) is 0 Å². The van der Waals surface area contributed by atoms with Gasteiger partial charge in [-0.1, -0.05) is 54.6 Å². The summed E-state index contributed by atoms with van der Waals surface area (Å²) in [5.74, 6) is -0.116. The fraction of sp³-hybridized carbons (Fsp3) is 0.391. The SMILES string of the molecule is CC(=O)[C@@H](Cc1ccccc1)NC(=O)CN(C)[C@@H]1CCCc2ccccc21. The Bertz CT molecular complexity index is 788. The second-order valence-corrected chi connectivity index (χ2v) is 7.44. The average molecular weight is 364 g/mol. The summed E-state index contributed by atoms with van der Waals surface area (Å²) in [4.78, 5) is 26.7. The third kappa shape index (κ3) is 5.04. The lowest BCUT2D eigenvalue weighted by molar-refractivity contribution is -0.127. The Labute approximate surface area is 161 Å². The molecule has 4 nitrogen and oxygen atoms in total. The van der Waals surface area contributed by atoms with E-state index in [1.807, 2.05) is 37.4 Å². The van der Waals surface area contributed by atoms with Gasteiger partial charge in [0.1, 0.15) is 0 Å². The van der Waals surface area contributed by atoms with Gasteiger partial charge in [0.2, 0.25) is 5.91 Å². The van der Waals surface area contributed by atoms with E-state index in [1.54, 1.807) is 0 Å². The predicted octanol–water partition coefficient (Wildman–Crippen LogP) is 3.31. The number of carbonyl (C=O) groups is 2. The van der Waals surface area contributed by atoms with Crippen LogP contribution < -0.4 is 5.32 Å². The van der Waals surface area contributed by atoms with E-state index in [2.05, 4.69) is 34.5 Å². The summed E-state index contributed by atoms with van der Waals surface area (Å²) < 4.78 is 0. The van der Waals surface area contributed by atoms with Gasteiger partial charge in [0.05, 0.1) is 12.6 Å². The number of benzene rings is 2. The molecule has 0 saturated heterocycles. The fourth-order valence-corrected chi connectivity index (χ4v) is 3.91. The van der Waals surface area contributed by atoms with Crippen LogP contribution in [0.3, 0.4) is 0 Å². The first-order valence-corrected chi connectivity index (χ1v) is 9.66. The van der Waals surface area contributed by atoms with Crippen molar-refractivity contribution in [1.82, 2.24) is 10.2 Å². The highest BCUT2D eigenvalue weighted by atomic mass is 16.2. The molecule has 0 fully saturated rings. The molecule has 0 unspecified atom stereocenters. The summed E-state index contributed by atoms with van der Waals surface area (Å²) in [6.45, 7) is 1.83. The summed E-state index contributed by atoms with van der Waals surface area (Å²) in [7, 11) is 1.99. The average Bonchev–Trinajstić information content (AvgIpc) is 2.67. The van der Waals surface area contributed by atoms with Gasteiger partial charge in [-0.25, -0.2) is 0 Å². The number of nitrogens with zero attached hydrogens (tertiary/aromatic N) is 1. The normalized spacial score (nSPS) is 17.2. The molecule has 1 N–H and O–H groups in total. The van der Waals surface area contributed by atoms with E-state index in [-0.39, 0.29) is 24.3 Å². The van der Waals surface area contributed by atoms with E-state index in [0.717, 1.165) is 24.8 Å². The van der Waals surface area contributed by atoms with Crippen LogP contribution in [0.15, 0.2) is 54.6 Å². The first-order valence-electron chi connectivity index (χ1n) is 9.66. The van der Waals surface area contributed by atoms with Crippen molar-refractivity contribution >= 4 is 11.7 Å². The Morgan fingerprint density at radius 3 is 2.56 bits per heavy atom. The lowest BCUT2D eigenvalue weighted by Crippen LogP contribution is -2.46. The minimum atomic E-state index is -0.480. The van der Waals surface area contributed by atoms with Crippen molar-refractivity contribution in [3.05, 3.63) is 71.3 Å². The summed E-state index contributed by atoms with van der Waals surface area (Å²) in [5.41, 5.74) is 3.76. The molecule has 1 amide bonds. The van der Waals surface area contributed by atoms with Crippen molar-refractivity contribution in [2.45, 2.75) is 44.7 Å². The van der Waals surface area contributed by atoms with E-state index < -0.39 is 6.04 Å². The van der Waals surface area contributed by atoms with Crippen LogP contribution >= 0.6 is 0 Å². The smallest absolute Gasteiger partial charge is 0.234 e. The first kappa shape index (κ1) is 19.3. The Hall–Kier alpha value is -2.46. The van der Waals surface area contributed by atoms with E-state index >= 15 is 0 Å². The summed E-state index contributed by atoms with van der Waals surface area (Å²) in [5, 5.41) is 2.93. The molecule has 0 aromatic heterocycles. The zero-order valence-corrected chi connectivity index (χ0v) is 16.2. The molecule has 3 rings (SSSR count). The number of carbonyl (C=O) groups excluding carboxylic acids is 2. The van der Waals surface area contributed by atoms with Crippen molar-refractivity contribution < 1.29 is 9.59 Å². The fourth-order valence-electron chi connectivity index (χ4n) is 3.91. The molecule has 0 spiro atoms. The van der Waals surface area contributed by atoms with Gasteiger partial charge in [-0.05, 0) is 56.3 Å². The van der Waals surface area contributed by atoms with Gasteiger partial charge in [0.25, 0.3) is 0 Å². The molecule has 0 heterocycles. The van der Waals surface area contributed by atoms with E-state index in [1.165, 1.54) is 18.1 Å². The highest BCUT2D eigenvalue weighted by Gasteiger charge is 2.25. The minimum absolute atomic E-state index is 0.0159. The Kier molecular flexibility index (Phi) is 6.40. The molecule has 0 bridgehead atoms. The molecule has 0 aliphatic heterocycles. The zero-order valence-electron chi connectivity index (χ0n) is 16.2. The van der Waals surface area contributed by atoms with E-state index in [4.69, 9.17) is 0 Å². The number of hydrogen-bond acceptors (Lipinski definition) is 3. The third-order valence-electron chi connectivity index (χ3n) is 5.37. The number of rotatable bonds is 7. The number of nitrogens with one attached hydrogen (secondary N) is 1. The number of aryl methyl sites for hydroxylation is 1. The van der Waals surface area contributed by atoms with Gasteiger partial charge < -0.3 is 5.32 Å². The molecule has 2 aromatic carbocycles. The van der Waals surface area contributed by atoms with Crippen molar-refractivity contribution in [1.29, 1.82) is 0 Å². The van der Waals surface area contributed by atoms with E-state index in [0.29, 0.717) is 6.42 Å². The number of likely N-dealkylation sites (N-methyl/N-ethyl adjacent to an activating group) is 1. The summed E-state index contributed by atoms with van der Waals surface area (Å²) in [6.07, 6.45) is 3.83. The van der Waals surface area contributed by atoms with Crippen LogP contribution in [-0.2, 0) is 22.4 Å². The monoisotopic (exact) mass is 364 g/mol. The highest BCUT2D eigenvalue weighted by molar-refractivity contribution is 5.88. The largest absolute Gasteiger partial charge is 0.345 e. The third-order valence-corrected chi connectivity index (χ3v) is 5.37.